The molecule has 0 saturated carbocycles. The molecule has 0 fully saturated rings. The maximum absolute atomic E-state index is 12.4. The number of aromatic nitrogens is 3. The molecular formula is C24H30N4O2S. The van der Waals surface area contributed by atoms with Crippen LogP contribution < -0.4 is 10.1 Å². The zero-order chi connectivity index (χ0) is 22.1. The summed E-state index contributed by atoms with van der Waals surface area (Å²) in [4.78, 5) is 12.4. The molecule has 0 atom stereocenters. The zero-order valence-electron chi connectivity index (χ0n) is 18.4. The van der Waals surface area contributed by atoms with Gasteiger partial charge in [-0.1, -0.05) is 55.9 Å². The molecule has 31 heavy (non-hydrogen) atoms. The van der Waals surface area contributed by atoms with Gasteiger partial charge in [-0.2, -0.15) is 0 Å². The van der Waals surface area contributed by atoms with Crippen molar-refractivity contribution in [2.24, 2.45) is 0 Å². The Kier molecular flexibility index (Phi) is 8.53. The van der Waals surface area contributed by atoms with E-state index in [0.717, 1.165) is 48.1 Å². The molecule has 1 heterocycles. The van der Waals surface area contributed by atoms with Crippen molar-refractivity contribution in [2.75, 3.05) is 12.9 Å². The highest BCUT2D eigenvalue weighted by molar-refractivity contribution is 7.99. The van der Waals surface area contributed by atoms with E-state index in [1.165, 1.54) is 17.3 Å². The van der Waals surface area contributed by atoms with E-state index in [1.54, 1.807) is 7.11 Å². The van der Waals surface area contributed by atoms with Crippen LogP contribution in [0.1, 0.15) is 32.3 Å². The van der Waals surface area contributed by atoms with Crippen LogP contribution in [0.4, 0.5) is 0 Å². The lowest BCUT2D eigenvalue weighted by Gasteiger charge is -2.14. The first-order valence-electron chi connectivity index (χ1n) is 10.7. The number of ether oxygens (including phenoxy) is 1. The Morgan fingerprint density at radius 3 is 2.42 bits per heavy atom. The Hall–Kier alpha value is -2.80. The molecule has 0 aliphatic rings. The van der Waals surface area contributed by atoms with E-state index in [0.29, 0.717) is 5.75 Å². The van der Waals surface area contributed by atoms with Gasteiger partial charge < -0.3 is 14.6 Å². The summed E-state index contributed by atoms with van der Waals surface area (Å²) in [5.41, 5.74) is 2.22. The summed E-state index contributed by atoms with van der Waals surface area (Å²) in [6.45, 7) is 4.90. The van der Waals surface area contributed by atoms with Crippen molar-refractivity contribution in [3.8, 4) is 17.1 Å². The molecule has 0 bridgehead atoms. The number of aryl methyl sites for hydroxylation is 1. The third kappa shape index (κ3) is 6.34. The molecular weight excluding hydrogens is 408 g/mol. The third-order valence-electron chi connectivity index (χ3n) is 5.22. The van der Waals surface area contributed by atoms with Crippen LogP contribution in [0.3, 0.4) is 0 Å². The number of carbonyl (C=O) groups excluding carboxylic acids is 1. The van der Waals surface area contributed by atoms with Gasteiger partial charge in [0.25, 0.3) is 0 Å². The maximum Gasteiger partial charge on any atom is 0.230 e. The molecule has 3 rings (SSSR count). The van der Waals surface area contributed by atoms with Crippen molar-refractivity contribution in [2.45, 2.75) is 50.9 Å². The smallest absolute Gasteiger partial charge is 0.230 e. The van der Waals surface area contributed by atoms with Crippen molar-refractivity contribution in [1.82, 2.24) is 20.1 Å². The number of carbonyl (C=O) groups is 1. The number of hydrogen-bond donors (Lipinski definition) is 1. The monoisotopic (exact) mass is 438 g/mol. The Morgan fingerprint density at radius 2 is 1.77 bits per heavy atom. The van der Waals surface area contributed by atoms with Crippen LogP contribution in [0.25, 0.3) is 11.4 Å². The summed E-state index contributed by atoms with van der Waals surface area (Å²) >= 11 is 1.43. The highest BCUT2D eigenvalue weighted by atomic mass is 32.2. The largest absolute Gasteiger partial charge is 0.497 e. The minimum absolute atomic E-state index is 0.0299. The van der Waals surface area contributed by atoms with Crippen molar-refractivity contribution in [1.29, 1.82) is 0 Å². The van der Waals surface area contributed by atoms with Crippen molar-refractivity contribution < 1.29 is 9.53 Å². The summed E-state index contributed by atoms with van der Waals surface area (Å²) in [5, 5.41) is 12.7. The quantitative estimate of drug-likeness (QED) is 0.443. The minimum Gasteiger partial charge on any atom is -0.497 e. The predicted molar refractivity (Wildman–Crippen MR) is 125 cm³/mol. The van der Waals surface area contributed by atoms with E-state index in [-0.39, 0.29) is 11.9 Å². The number of nitrogens with zero attached hydrogens (tertiary/aromatic N) is 3. The fourth-order valence-electron chi connectivity index (χ4n) is 3.33. The molecule has 1 N–H and O–H groups in total. The average Bonchev–Trinajstić information content (AvgIpc) is 3.23. The summed E-state index contributed by atoms with van der Waals surface area (Å²) < 4.78 is 7.37. The number of nitrogens with one attached hydrogen (secondary N) is 1. The van der Waals surface area contributed by atoms with Crippen molar-refractivity contribution in [3.05, 3.63) is 60.2 Å². The van der Waals surface area contributed by atoms with E-state index in [9.17, 15) is 4.79 Å². The summed E-state index contributed by atoms with van der Waals surface area (Å²) in [6.07, 6.45) is 2.72. The Morgan fingerprint density at radius 1 is 1.06 bits per heavy atom. The lowest BCUT2D eigenvalue weighted by Crippen LogP contribution is -2.35. The highest BCUT2D eigenvalue weighted by Gasteiger charge is 2.17. The summed E-state index contributed by atoms with van der Waals surface area (Å²) in [7, 11) is 1.65. The number of benzene rings is 2. The molecule has 1 amide bonds. The second-order valence-corrected chi connectivity index (χ2v) is 8.23. The molecule has 0 spiro atoms. The van der Waals surface area contributed by atoms with Crippen LogP contribution >= 0.6 is 11.8 Å². The molecule has 0 aliphatic carbocycles. The molecule has 0 unspecified atom stereocenters. The second-order valence-electron chi connectivity index (χ2n) is 7.29. The highest BCUT2D eigenvalue weighted by Crippen LogP contribution is 2.26. The molecule has 164 valence electrons. The van der Waals surface area contributed by atoms with Gasteiger partial charge in [0, 0.05) is 18.2 Å². The van der Waals surface area contributed by atoms with Crippen LogP contribution in [0.15, 0.2) is 59.8 Å². The number of rotatable bonds is 11. The van der Waals surface area contributed by atoms with Crippen molar-refractivity contribution in [3.63, 3.8) is 0 Å². The number of hydrogen-bond acceptors (Lipinski definition) is 5. The normalized spacial score (nSPS) is 11.0. The molecule has 3 aromatic rings. The molecule has 0 saturated heterocycles. The average molecular weight is 439 g/mol. The topological polar surface area (TPSA) is 69.0 Å². The van der Waals surface area contributed by atoms with Gasteiger partial charge in [-0.15, -0.1) is 10.2 Å². The summed E-state index contributed by atoms with van der Waals surface area (Å²) in [6, 6.07) is 18.4. The summed E-state index contributed by atoms with van der Waals surface area (Å²) in [5.74, 6) is 1.94. The van der Waals surface area contributed by atoms with E-state index >= 15 is 0 Å². The second kappa shape index (κ2) is 11.6. The van der Waals surface area contributed by atoms with Crippen LogP contribution in [0.5, 0.6) is 5.75 Å². The number of methoxy groups -OCH3 is 1. The lowest BCUT2D eigenvalue weighted by atomic mass is 10.1. The van der Waals surface area contributed by atoms with Gasteiger partial charge in [-0.3, -0.25) is 4.79 Å². The third-order valence-corrected chi connectivity index (χ3v) is 6.18. The zero-order valence-corrected chi connectivity index (χ0v) is 19.2. The predicted octanol–water partition coefficient (Wildman–Crippen LogP) is 4.59. The lowest BCUT2D eigenvalue weighted by molar-refractivity contribution is -0.119. The number of amides is 1. The van der Waals surface area contributed by atoms with Crippen LogP contribution in [0.2, 0.25) is 0 Å². The first-order valence-corrected chi connectivity index (χ1v) is 11.7. The molecule has 2 aromatic carbocycles. The molecule has 1 aromatic heterocycles. The molecule has 7 heteroatoms. The maximum atomic E-state index is 12.4. The van der Waals surface area contributed by atoms with Gasteiger partial charge >= 0.3 is 0 Å². The Labute approximate surface area is 188 Å². The van der Waals surface area contributed by atoms with E-state index in [2.05, 4.69) is 46.1 Å². The van der Waals surface area contributed by atoms with Gasteiger partial charge in [0.15, 0.2) is 11.0 Å². The first-order chi connectivity index (χ1) is 15.1. The van der Waals surface area contributed by atoms with Gasteiger partial charge in [-0.25, -0.2) is 0 Å². The van der Waals surface area contributed by atoms with Gasteiger partial charge in [-0.05, 0) is 49.1 Å². The van der Waals surface area contributed by atoms with Gasteiger partial charge in [0.05, 0.1) is 12.9 Å². The van der Waals surface area contributed by atoms with Crippen LogP contribution in [-0.2, 0) is 17.8 Å². The van der Waals surface area contributed by atoms with E-state index in [1.807, 2.05) is 42.5 Å². The number of thioether (sulfide) groups is 1. The molecule has 0 aliphatic heterocycles. The minimum atomic E-state index is 0.0299. The Bertz CT molecular complexity index is 953. The standard InChI is InChI=1S/C24H30N4O2S/c1-4-20(5-2)25-22(29)17-31-24-27-26-23(19-11-13-21(30-3)14-12-19)28(24)16-15-18-9-7-6-8-10-18/h6-14,20H,4-5,15-17H2,1-3H3,(H,25,29). The molecule has 6 nitrogen and oxygen atoms in total. The van der Waals surface area contributed by atoms with Gasteiger partial charge in [0.1, 0.15) is 5.75 Å². The van der Waals surface area contributed by atoms with Gasteiger partial charge in [0.2, 0.25) is 5.91 Å². The molecule has 0 radical (unpaired) electrons. The van der Waals surface area contributed by atoms with Crippen LogP contribution in [0, 0.1) is 0 Å². The SMILES string of the molecule is CCC(CC)NC(=O)CSc1nnc(-c2ccc(OC)cc2)n1CCc1ccccc1. The fourth-order valence-corrected chi connectivity index (χ4v) is 4.10. The first kappa shape index (κ1) is 22.9. The fraction of sp³-hybridized carbons (Fsp3) is 0.375. The van der Waals surface area contributed by atoms with E-state index in [4.69, 9.17) is 4.74 Å². The van der Waals surface area contributed by atoms with E-state index < -0.39 is 0 Å². The van der Waals surface area contributed by atoms with Crippen LogP contribution in [-0.4, -0.2) is 39.6 Å². The Balaban J connectivity index is 1.78. The van der Waals surface area contributed by atoms with Crippen molar-refractivity contribution >= 4 is 17.7 Å².